The van der Waals surface area contributed by atoms with Gasteiger partial charge in [-0.15, -0.1) is 0 Å². The molecule has 0 aliphatic carbocycles. The van der Waals surface area contributed by atoms with Crippen LogP contribution in [0.2, 0.25) is 0 Å². The van der Waals surface area contributed by atoms with Crippen molar-refractivity contribution in [2.45, 2.75) is 32.2 Å². The van der Waals surface area contributed by atoms with Gasteiger partial charge in [-0.25, -0.2) is 4.39 Å². The van der Waals surface area contributed by atoms with Crippen LogP contribution < -0.4 is 10.6 Å². The molecule has 2 N–H and O–H groups in total. The third kappa shape index (κ3) is 6.16. The fraction of sp³-hybridized carbons (Fsp3) is 0.500. The van der Waals surface area contributed by atoms with E-state index in [4.69, 9.17) is 0 Å². The molecular weight excluding hydrogens is 311 g/mol. The first-order chi connectivity index (χ1) is 9.02. The molecule has 0 aromatic heterocycles. The van der Waals surface area contributed by atoms with Gasteiger partial charge >= 0.3 is 0 Å². The zero-order chi connectivity index (χ0) is 14.3. The Morgan fingerprint density at radius 2 is 2.21 bits per heavy atom. The summed E-state index contributed by atoms with van der Waals surface area (Å²) in [5.74, 6) is -0.212. The molecule has 0 saturated carbocycles. The second-order valence-corrected chi connectivity index (χ2v) is 5.48. The van der Waals surface area contributed by atoms with Crippen LogP contribution in [0.25, 0.3) is 0 Å². The Hall–Kier alpha value is -0.940. The fourth-order valence-electron chi connectivity index (χ4n) is 1.84. The Kier molecular flexibility index (Phi) is 7.02. The first-order valence-electron chi connectivity index (χ1n) is 6.41. The maximum atomic E-state index is 13.1. The largest absolute Gasteiger partial charge is 0.353 e. The fourth-order valence-corrected chi connectivity index (χ4v) is 2.27. The van der Waals surface area contributed by atoms with Gasteiger partial charge < -0.3 is 10.6 Å². The van der Waals surface area contributed by atoms with Crippen molar-refractivity contribution in [2.24, 2.45) is 0 Å². The van der Waals surface area contributed by atoms with Crippen LogP contribution in [0.1, 0.15) is 25.3 Å². The van der Waals surface area contributed by atoms with E-state index >= 15 is 0 Å². The van der Waals surface area contributed by atoms with E-state index < -0.39 is 0 Å². The van der Waals surface area contributed by atoms with Crippen LogP contribution in [0.3, 0.4) is 0 Å². The molecule has 0 bridgehead atoms. The summed E-state index contributed by atoms with van der Waals surface area (Å²) >= 11 is 3.16. The molecule has 1 aromatic carbocycles. The van der Waals surface area contributed by atoms with Crippen molar-refractivity contribution in [2.75, 3.05) is 13.6 Å². The molecule has 1 unspecified atom stereocenters. The van der Waals surface area contributed by atoms with Gasteiger partial charge in [-0.3, -0.25) is 4.79 Å². The van der Waals surface area contributed by atoms with Crippen LogP contribution in [0, 0.1) is 5.82 Å². The molecule has 1 rings (SSSR count). The highest BCUT2D eigenvalue weighted by Gasteiger charge is 2.09. The predicted molar refractivity (Wildman–Crippen MR) is 78.6 cm³/mol. The highest BCUT2D eigenvalue weighted by atomic mass is 79.9. The number of carbonyl (C=O) groups is 1. The first kappa shape index (κ1) is 16.1. The molecule has 1 aromatic rings. The number of benzene rings is 1. The Morgan fingerprint density at radius 1 is 1.47 bits per heavy atom. The molecule has 0 radical (unpaired) electrons. The van der Waals surface area contributed by atoms with Gasteiger partial charge in [0.2, 0.25) is 5.91 Å². The summed E-state index contributed by atoms with van der Waals surface area (Å²) in [4.78, 5) is 11.6. The molecule has 1 atom stereocenters. The van der Waals surface area contributed by atoms with Gasteiger partial charge in [0, 0.05) is 12.5 Å². The molecule has 0 aliphatic heterocycles. The van der Waals surface area contributed by atoms with E-state index in [1.807, 2.05) is 14.0 Å². The summed E-state index contributed by atoms with van der Waals surface area (Å²) in [7, 11) is 1.87. The maximum Gasteiger partial charge on any atom is 0.220 e. The van der Waals surface area contributed by atoms with E-state index in [0.717, 1.165) is 18.5 Å². The Morgan fingerprint density at radius 3 is 2.84 bits per heavy atom. The lowest BCUT2D eigenvalue weighted by Gasteiger charge is -2.14. The minimum atomic E-state index is -0.271. The normalized spacial score (nSPS) is 12.2. The topological polar surface area (TPSA) is 41.1 Å². The Labute approximate surface area is 122 Å². The van der Waals surface area contributed by atoms with Crippen molar-refractivity contribution < 1.29 is 9.18 Å². The molecule has 0 heterocycles. The van der Waals surface area contributed by atoms with Crippen molar-refractivity contribution in [1.82, 2.24) is 10.6 Å². The molecule has 0 spiro atoms. The highest BCUT2D eigenvalue weighted by Crippen LogP contribution is 2.17. The average molecular weight is 331 g/mol. The lowest BCUT2D eigenvalue weighted by molar-refractivity contribution is -0.121. The van der Waals surface area contributed by atoms with Crippen molar-refractivity contribution >= 4 is 21.8 Å². The summed E-state index contributed by atoms with van der Waals surface area (Å²) in [6, 6.07) is 4.96. The smallest absolute Gasteiger partial charge is 0.220 e. The van der Waals surface area contributed by atoms with E-state index in [2.05, 4.69) is 26.6 Å². The van der Waals surface area contributed by atoms with E-state index in [0.29, 0.717) is 17.3 Å². The summed E-state index contributed by atoms with van der Waals surface area (Å²) in [6.45, 7) is 2.79. The van der Waals surface area contributed by atoms with Crippen LogP contribution in [-0.2, 0) is 11.2 Å². The van der Waals surface area contributed by atoms with Crippen LogP contribution >= 0.6 is 15.9 Å². The third-order valence-electron chi connectivity index (χ3n) is 2.76. The standard InChI is InChI=1S/C14H20BrFN2O/c1-10(18-14(19)4-3-7-17-2)8-11-5-6-13(16)12(15)9-11/h5-6,9-10,17H,3-4,7-8H2,1-2H3,(H,18,19). The summed E-state index contributed by atoms with van der Waals surface area (Å²) in [6.07, 6.45) is 2.05. The summed E-state index contributed by atoms with van der Waals surface area (Å²) in [5, 5.41) is 5.95. The summed E-state index contributed by atoms with van der Waals surface area (Å²) < 4.78 is 13.6. The molecule has 1 amide bonds. The minimum Gasteiger partial charge on any atom is -0.353 e. The molecule has 0 fully saturated rings. The van der Waals surface area contributed by atoms with Gasteiger partial charge in [0.15, 0.2) is 0 Å². The lowest BCUT2D eigenvalue weighted by Crippen LogP contribution is -2.34. The molecule has 106 valence electrons. The number of hydrogen-bond acceptors (Lipinski definition) is 2. The molecule has 3 nitrogen and oxygen atoms in total. The monoisotopic (exact) mass is 330 g/mol. The Bertz CT molecular complexity index is 426. The van der Waals surface area contributed by atoms with E-state index in [9.17, 15) is 9.18 Å². The van der Waals surface area contributed by atoms with Crippen LogP contribution in [-0.4, -0.2) is 25.5 Å². The SMILES string of the molecule is CNCCCC(=O)NC(C)Cc1ccc(F)c(Br)c1. The zero-order valence-electron chi connectivity index (χ0n) is 11.3. The first-order valence-corrected chi connectivity index (χ1v) is 7.20. The van der Waals surface area contributed by atoms with Gasteiger partial charge in [0.05, 0.1) is 4.47 Å². The Balaban J connectivity index is 2.39. The second kappa shape index (κ2) is 8.27. The molecule has 5 heteroatoms. The molecule has 0 aliphatic rings. The van der Waals surface area contributed by atoms with Gasteiger partial charge in [-0.2, -0.15) is 0 Å². The quantitative estimate of drug-likeness (QED) is 0.754. The van der Waals surface area contributed by atoms with E-state index in [1.54, 1.807) is 12.1 Å². The van der Waals surface area contributed by atoms with Gasteiger partial charge in [-0.05, 0) is 67.0 Å². The van der Waals surface area contributed by atoms with Crippen LogP contribution in [0.4, 0.5) is 4.39 Å². The number of amides is 1. The highest BCUT2D eigenvalue weighted by molar-refractivity contribution is 9.10. The van der Waals surface area contributed by atoms with E-state index in [-0.39, 0.29) is 17.8 Å². The van der Waals surface area contributed by atoms with Crippen molar-refractivity contribution in [3.05, 3.63) is 34.1 Å². The predicted octanol–water partition coefficient (Wildman–Crippen LogP) is 2.64. The number of rotatable bonds is 7. The van der Waals surface area contributed by atoms with Crippen LogP contribution in [0.15, 0.2) is 22.7 Å². The van der Waals surface area contributed by atoms with Crippen molar-refractivity contribution in [3.8, 4) is 0 Å². The van der Waals surface area contributed by atoms with Crippen molar-refractivity contribution in [1.29, 1.82) is 0 Å². The third-order valence-corrected chi connectivity index (χ3v) is 3.37. The van der Waals surface area contributed by atoms with Crippen LogP contribution in [0.5, 0.6) is 0 Å². The number of hydrogen-bond donors (Lipinski definition) is 2. The molecule has 19 heavy (non-hydrogen) atoms. The average Bonchev–Trinajstić information content (AvgIpc) is 2.34. The van der Waals surface area contributed by atoms with Gasteiger partial charge in [0.25, 0.3) is 0 Å². The number of nitrogens with one attached hydrogen (secondary N) is 2. The number of carbonyl (C=O) groups excluding carboxylic acids is 1. The van der Waals surface area contributed by atoms with Gasteiger partial charge in [-0.1, -0.05) is 6.07 Å². The minimum absolute atomic E-state index is 0.0412. The number of halogens is 2. The van der Waals surface area contributed by atoms with Crippen molar-refractivity contribution in [3.63, 3.8) is 0 Å². The maximum absolute atomic E-state index is 13.1. The lowest BCUT2D eigenvalue weighted by atomic mass is 10.1. The van der Waals surface area contributed by atoms with E-state index in [1.165, 1.54) is 6.07 Å². The second-order valence-electron chi connectivity index (χ2n) is 4.63. The zero-order valence-corrected chi connectivity index (χ0v) is 12.9. The summed E-state index contributed by atoms with van der Waals surface area (Å²) in [5.41, 5.74) is 0.997. The molecular formula is C14H20BrFN2O. The molecule has 0 saturated heterocycles. The van der Waals surface area contributed by atoms with Gasteiger partial charge in [0.1, 0.15) is 5.82 Å².